The van der Waals surface area contributed by atoms with Crippen molar-refractivity contribution in [2.45, 2.75) is 149 Å². The lowest BCUT2D eigenvalue weighted by Crippen LogP contribution is -2.23. The zero-order valence-corrected chi connectivity index (χ0v) is 19.7. The van der Waals surface area contributed by atoms with Crippen LogP contribution in [-0.4, -0.2) is 16.9 Å². The van der Waals surface area contributed by atoms with Crippen molar-refractivity contribution in [1.82, 2.24) is 0 Å². The average molecular weight is 411 g/mol. The van der Waals surface area contributed by atoms with Crippen molar-refractivity contribution >= 4 is 11.8 Å². The molecule has 0 radical (unpaired) electrons. The molecule has 0 unspecified atom stereocenters. The van der Waals surface area contributed by atoms with Crippen molar-refractivity contribution in [2.75, 3.05) is 0 Å². The minimum atomic E-state index is -0.915. The largest absolute Gasteiger partial charge is 0.481 e. The van der Waals surface area contributed by atoms with Gasteiger partial charge in [0.1, 0.15) is 11.7 Å². The Labute approximate surface area is 181 Å². The van der Waals surface area contributed by atoms with Crippen LogP contribution in [0.4, 0.5) is 0 Å². The molecule has 29 heavy (non-hydrogen) atoms. The van der Waals surface area contributed by atoms with E-state index in [-0.39, 0.29) is 5.78 Å². The van der Waals surface area contributed by atoms with Gasteiger partial charge >= 0.3 is 5.97 Å². The second-order valence-electron chi connectivity index (χ2n) is 8.91. The van der Waals surface area contributed by atoms with Crippen molar-refractivity contribution in [2.24, 2.45) is 5.92 Å². The Morgan fingerprint density at radius 1 is 0.552 bits per heavy atom. The Hall–Kier alpha value is -0.860. The number of unbranched alkanes of at least 4 members (excludes halogenated alkanes) is 17. The molecule has 0 rings (SSSR count). The van der Waals surface area contributed by atoms with Crippen LogP contribution < -0.4 is 0 Å². The molecule has 0 saturated heterocycles. The van der Waals surface area contributed by atoms with Crippen LogP contribution in [0.2, 0.25) is 0 Å². The molecule has 0 bridgehead atoms. The van der Waals surface area contributed by atoms with Gasteiger partial charge in [0.15, 0.2) is 0 Å². The van der Waals surface area contributed by atoms with E-state index in [1.807, 2.05) is 0 Å². The third-order valence-corrected chi connectivity index (χ3v) is 6.06. The topological polar surface area (TPSA) is 54.4 Å². The lowest BCUT2D eigenvalue weighted by atomic mass is 9.93. The van der Waals surface area contributed by atoms with Crippen molar-refractivity contribution in [3.63, 3.8) is 0 Å². The van der Waals surface area contributed by atoms with Crippen LogP contribution in [-0.2, 0) is 9.59 Å². The molecular weight excluding hydrogens is 360 g/mol. The molecule has 0 fully saturated rings. The summed E-state index contributed by atoms with van der Waals surface area (Å²) in [5, 5.41) is 9.41. The van der Waals surface area contributed by atoms with Crippen molar-refractivity contribution < 1.29 is 14.7 Å². The van der Waals surface area contributed by atoms with Gasteiger partial charge in [-0.05, 0) is 12.8 Å². The Kier molecular flexibility index (Phi) is 21.2. The molecule has 172 valence electrons. The fourth-order valence-electron chi connectivity index (χ4n) is 4.04. The Bertz CT molecular complexity index is 378. The van der Waals surface area contributed by atoms with Crippen molar-refractivity contribution in [3.05, 3.63) is 0 Å². The first-order valence-electron chi connectivity index (χ1n) is 12.9. The van der Waals surface area contributed by atoms with Crippen LogP contribution in [0.5, 0.6) is 0 Å². The second kappa shape index (κ2) is 21.8. The van der Waals surface area contributed by atoms with Gasteiger partial charge in [0.2, 0.25) is 0 Å². The predicted molar refractivity (Wildman–Crippen MR) is 124 cm³/mol. The van der Waals surface area contributed by atoms with Crippen LogP contribution in [0.3, 0.4) is 0 Å². The van der Waals surface area contributed by atoms with Gasteiger partial charge in [-0.25, -0.2) is 0 Å². The first-order valence-corrected chi connectivity index (χ1v) is 12.9. The Morgan fingerprint density at radius 3 is 1.28 bits per heavy atom. The highest BCUT2D eigenvalue weighted by atomic mass is 16.4. The molecule has 1 atom stereocenters. The number of carboxylic acids is 1. The molecule has 0 heterocycles. The molecule has 0 saturated carbocycles. The predicted octanol–water partition coefficient (Wildman–Crippen LogP) is 8.49. The number of carbonyl (C=O) groups is 2. The van der Waals surface area contributed by atoms with Gasteiger partial charge in [0.25, 0.3) is 0 Å². The normalized spacial score (nSPS) is 12.2. The average Bonchev–Trinajstić information content (AvgIpc) is 2.70. The summed E-state index contributed by atoms with van der Waals surface area (Å²) >= 11 is 0. The molecule has 0 aromatic rings. The van der Waals surface area contributed by atoms with Crippen LogP contribution in [0, 0.1) is 5.92 Å². The number of ketones is 1. The number of aliphatic carboxylic acids is 1. The number of carboxylic acid groups (broad SMARTS) is 1. The third kappa shape index (κ3) is 18.9. The number of rotatable bonds is 23. The monoisotopic (exact) mass is 410 g/mol. The summed E-state index contributed by atoms with van der Waals surface area (Å²) in [5.74, 6) is -1.73. The third-order valence-electron chi connectivity index (χ3n) is 6.06. The van der Waals surface area contributed by atoms with Crippen molar-refractivity contribution in [1.29, 1.82) is 0 Å². The summed E-state index contributed by atoms with van der Waals surface area (Å²) < 4.78 is 0. The molecule has 0 aliphatic heterocycles. The molecule has 0 aliphatic rings. The van der Waals surface area contributed by atoms with E-state index in [2.05, 4.69) is 13.8 Å². The minimum Gasteiger partial charge on any atom is -0.481 e. The van der Waals surface area contributed by atoms with Crippen LogP contribution >= 0.6 is 0 Å². The van der Waals surface area contributed by atoms with Gasteiger partial charge in [-0.15, -0.1) is 0 Å². The fraction of sp³-hybridized carbons (Fsp3) is 0.923. The molecule has 0 aliphatic carbocycles. The number of carbonyl (C=O) groups excluding carboxylic acids is 1. The maximum Gasteiger partial charge on any atom is 0.314 e. The van der Waals surface area contributed by atoms with Crippen molar-refractivity contribution in [3.8, 4) is 0 Å². The fourth-order valence-corrected chi connectivity index (χ4v) is 4.04. The van der Waals surface area contributed by atoms with E-state index in [0.29, 0.717) is 12.8 Å². The maximum atomic E-state index is 12.3. The SMILES string of the molecule is CCCCCCCCCCCC[C@@H](C(=O)O)C(=O)CCCCCCCCCCC. The molecule has 0 aromatic heterocycles. The standard InChI is InChI=1S/C26H50O3/c1-3-5-7-9-11-13-15-16-18-20-22-24(26(28)29)25(27)23-21-19-17-14-12-10-8-6-4-2/h24H,3-23H2,1-2H3,(H,28,29)/t24-/m1/s1. The molecular formula is C26H50O3. The van der Waals surface area contributed by atoms with E-state index in [1.165, 1.54) is 96.3 Å². The van der Waals surface area contributed by atoms with Crippen LogP contribution in [0.1, 0.15) is 149 Å². The maximum absolute atomic E-state index is 12.3. The lowest BCUT2D eigenvalue weighted by molar-refractivity contribution is -0.146. The van der Waals surface area contributed by atoms with Crippen LogP contribution in [0.25, 0.3) is 0 Å². The molecule has 0 aromatic carbocycles. The smallest absolute Gasteiger partial charge is 0.314 e. The summed E-state index contributed by atoms with van der Waals surface area (Å²) in [6, 6.07) is 0. The summed E-state index contributed by atoms with van der Waals surface area (Å²) in [7, 11) is 0. The number of hydrogen-bond acceptors (Lipinski definition) is 2. The van der Waals surface area contributed by atoms with E-state index in [1.54, 1.807) is 0 Å². The summed E-state index contributed by atoms with van der Waals surface area (Å²) in [5.41, 5.74) is 0. The highest BCUT2D eigenvalue weighted by Gasteiger charge is 2.24. The second-order valence-corrected chi connectivity index (χ2v) is 8.91. The van der Waals surface area contributed by atoms with Gasteiger partial charge in [0, 0.05) is 6.42 Å². The van der Waals surface area contributed by atoms with E-state index < -0.39 is 11.9 Å². The first kappa shape index (κ1) is 28.1. The molecule has 0 amide bonds. The van der Waals surface area contributed by atoms with E-state index in [9.17, 15) is 14.7 Å². The Balaban J connectivity index is 3.66. The van der Waals surface area contributed by atoms with E-state index in [0.717, 1.165) is 25.7 Å². The molecule has 3 nitrogen and oxygen atoms in total. The number of Topliss-reactive ketones (excluding diaryl/α,β-unsaturated/α-hetero) is 1. The van der Waals surface area contributed by atoms with Gasteiger partial charge < -0.3 is 5.11 Å². The highest BCUT2D eigenvalue weighted by Crippen LogP contribution is 2.18. The van der Waals surface area contributed by atoms with Gasteiger partial charge in [0.05, 0.1) is 0 Å². The molecule has 1 N–H and O–H groups in total. The molecule has 3 heteroatoms. The van der Waals surface area contributed by atoms with Gasteiger partial charge in [-0.2, -0.15) is 0 Å². The zero-order chi connectivity index (χ0) is 21.6. The summed E-state index contributed by atoms with van der Waals surface area (Å²) in [4.78, 5) is 23.8. The van der Waals surface area contributed by atoms with Gasteiger partial charge in [-0.3, -0.25) is 9.59 Å². The molecule has 0 spiro atoms. The lowest BCUT2D eigenvalue weighted by Gasteiger charge is -2.11. The summed E-state index contributed by atoms with van der Waals surface area (Å²) in [6.45, 7) is 4.48. The first-order chi connectivity index (χ1) is 14.1. The van der Waals surface area contributed by atoms with Crippen LogP contribution in [0.15, 0.2) is 0 Å². The quantitative estimate of drug-likeness (QED) is 0.136. The highest BCUT2D eigenvalue weighted by molar-refractivity contribution is 5.98. The number of hydrogen-bond donors (Lipinski definition) is 1. The van der Waals surface area contributed by atoms with E-state index >= 15 is 0 Å². The summed E-state index contributed by atoms with van der Waals surface area (Å²) in [6.07, 6.45) is 24.2. The zero-order valence-electron chi connectivity index (χ0n) is 19.7. The minimum absolute atomic E-state index is 0.0450. The Morgan fingerprint density at radius 2 is 0.897 bits per heavy atom. The van der Waals surface area contributed by atoms with E-state index in [4.69, 9.17) is 0 Å². The van der Waals surface area contributed by atoms with Gasteiger partial charge in [-0.1, -0.05) is 129 Å².